The molecular weight excluding hydrogens is 362 g/mol. The second kappa shape index (κ2) is 6.29. The molecule has 0 radical (unpaired) electrons. The average Bonchev–Trinajstić information content (AvgIpc) is 3.42. The van der Waals surface area contributed by atoms with Gasteiger partial charge in [0.1, 0.15) is 18.5 Å². The van der Waals surface area contributed by atoms with Gasteiger partial charge in [0.2, 0.25) is 5.89 Å². The van der Waals surface area contributed by atoms with Gasteiger partial charge in [0, 0.05) is 11.1 Å². The van der Waals surface area contributed by atoms with Gasteiger partial charge >= 0.3 is 0 Å². The molecule has 0 saturated carbocycles. The van der Waals surface area contributed by atoms with Gasteiger partial charge in [-0.2, -0.15) is 5.10 Å². The van der Waals surface area contributed by atoms with Gasteiger partial charge in [-0.15, -0.1) is 5.10 Å². The van der Waals surface area contributed by atoms with Crippen molar-refractivity contribution in [3.63, 3.8) is 0 Å². The number of hydrogen-bond acceptors (Lipinski definition) is 6. The zero-order valence-corrected chi connectivity index (χ0v) is 14.8. The van der Waals surface area contributed by atoms with Crippen molar-refractivity contribution in [2.45, 2.75) is 6.54 Å². The van der Waals surface area contributed by atoms with Gasteiger partial charge in [-0.25, -0.2) is 19.7 Å². The standard InChI is InChI=1S/C18H13N7OS/c27-18-24-23-17(26-18)13-5-6-14-15(7-13)22-16(21-14)12-3-1-11(2-4-12)8-25-10-19-9-20-25/h1-7,9-10H,8H2,(H,21,22)(H,24,27). The first-order valence-electron chi connectivity index (χ1n) is 8.22. The minimum Gasteiger partial charge on any atom is -0.409 e. The molecule has 2 aromatic carbocycles. The Kier molecular flexibility index (Phi) is 3.65. The normalized spacial score (nSPS) is 11.3. The van der Waals surface area contributed by atoms with Crippen molar-refractivity contribution in [3.05, 3.63) is 65.5 Å². The van der Waals surface area contributed by atoms with E-state index >= 15 is 0 Å². The van der Waals surface area contributed by atoms with Crippen LogP contribution in [-0.2, 0) is 6.54 Å². The molecule has 0 aliphatic rings. The van der Waals surface area contributed by atoms with Crippen LogP contribution in [0.5, 0.6) is 0 Å². The smallest absolute Gasteiger partial charge is 0.284 e. The molecule has 0 fully saturated rings. The van der Waals surface area contributed by atoms with Crippen LogP contribution in [0.15, 0.2) is 59.5 Å². The Bertz CT molecular complexity index is 1270. The summed E-state index contributed by atoms with van der Waals surface area (Å²) in [5.41, 5.74) is 4.75. The summed E-state index contributed by atoms with van der Waals surface area (Å²) in [5.74, 6) is 1.26. The Balaban J connectivity index is 1.45. The van der Waals surface area contributed by atoms with Crippen LogP contribution in [0.4, 0.5) is 0 Å². The van der Waals surface area contributed by atoms with Crippen molar-refractivity contribution in [1.82, 2.24) is 34.9 Å². The summed E-state index contributed by atoms with van der Waals surface area (Å²) in [6.45, 7) is 0.682. The number of H-pyrrole nitrogens is 2. The molecule has 5 aromatic rings. The maximum atomic E-state index is 5.37. The van der Waals surface area contributed by atoms with Crippen LogP contribution in [0, 0.1) is 4.84 Å². The number of hydrogen-bond donors (Lipinski definition) is 2. The zero-order valence-electron chi connectivity index (χ0n) is 14.0. The van der Waals surface area contributed by atoms with E-state index in [4.69, 9.17) is 16.6 Å². The largest absolute Gasteiger partial charge is 0.409 e. The Labute approximate surface area is 157 Å². The molecule has 132 valence electrons. The molecule has 0 aliphatic heterocycles. The Morgan fingerprint density at radius 3 is 2.67 bits per heavy atom. The van der Waals surface area contributed by atoms with Crippen LogP contribution >= 0.6 is 12.2 Å². The number of imidazole rings is 1. The number of fused-ring (bicyclic) bond motifs is 1. The summed E-state index contributed by atoms with van der Waals surface area (Å²) in [4.78, 5) is 12.2. The summed E-state index contributed by atoms with van der Waals surface area (Å²) in [6, 6.07) is 14.0. The molecule has 8 nitrogen and oxygen atoms in total. The lowest BCUT2D eigenvalue weighted by Crippen LogP contribution is -1.99. The highest BCUT2D eigenvalue weighted by Crippen LogP contribution is 2.25. The molecule has 3 heterocycles. The van der Waals surface area contributed by atoms with Crippen molar-refractivity contribution < 1.29 is 4.42 Å². The van der Waals surface area contributed by atoms with Crippen LogP contribution in [0.2, 0.25) is 0 Å². The van der Waals surface area contributed by atoms with E-state index in [1.807, 2.05) is 30.3 Å². The van der Waals surface area contributed by atoms with Crippen LogP contribution in [0.1, 0.15) is 5.56 Å². The van der Waals surface area contributed by atoms with Gasteiger partial charge in [0.25, 0.3) is 4.84 Å². The predicted octanol–water partition coefficient (Wildman–Crippen LogP) is 3.58. The fourth-order valence-electron chi connectivity index (χ4n) is 2.90. The van der Waals surface area contributed by atoms with Gasteiger partial charge in [-0.3, -0.25) is 0 Å². The van der Waals surface area contributed by atoms with Crippen LogP contribution in [-0.4, -0.2) is 34.9 Å². The van der Waals surface area contributed by atoms with Crippen molar-refractivity contribution >= 4 is 23.3 Å². The average molecular weight is 375 g/mol. The highest BCUT2D eigenvalue weighted by Gasteiger charge is 2.09. The predicted molar refractivity (Wildman–Crippen MR) is 101 cm³/mol. The summed E-state index contributed by atoms with van der Waals surface area (Å²) in [7, 11) is 0. The molecule has 0 spiro atoms. The number of aromatic nitrogens is 7. The minimum atomic E-state index is 0.251. The number of benzene rings is 2. The fourth-order valence-corrected chi connectivity index (χ4v) is 3.03. The lowest BCUT2D eigenvalue weighted by atomic mass is 10.1. The van der Waals surface area contributed by atoms with Crippen molar-refractivity contribution in [2.75, 3.05) is 0 Å². The zero-order chi connectivity index (χ0) is 18.2. The molecule has 0 atom stereocenters. The number of rotatable bonds is 4. The van der Waals surface area contributed by atoms with Crippen LogP contribution in [0.3, 0.4) is 0 Å². The lowest BCUT2D eigenvalue weighted by molar-refractivity contribution is 0.552. The first-order chi connectivity index (χ1) is 13.2. The Morgan fingerprint density at radius 2 is 1.93 bits per heavy atom. The van der Waals surface area contributed by atoms with E-state index in [1.165, 1.54) is 6.33 Å². The van der Waals surface area contributed by atoms with E-state index in [9.17, 15) is 0 Å². The third-order valence-electron chi connectivity index (χ3n) is 4.21. The topological polar surface area (TPSA) is 101 Å². The minimum absolute atomic E-state index is 0.251. The van der Waals surface area contributed by atoms with E-state index in [-0.39, 0.29) is 4.84 Å². The van der Waals surface area contributed by atoms with Gasteiger partial charge < -0.3 is 9.40 Å². The molecular formula is C18H13N7OS. The van der Waals surface area contributed by atoms with Gasteiger partial charge in [0.15, 0.2) is 0 Å². The second-order valence-corrected chi connectivity index (χ2v) is 6.40. The molecule has 0 aliphatic carbocycles. The van der Waals surface area contributed by atoms with E-state index in [0.29, 0.717) is 12.4 Å². The summed E-state index contributed by atoms with van der Waals surface area (Å²) >= 11 is 4.93. The molecule has 3 aromatic heterocycles. The second-order valence-electron chi connectivity index (χ2n) is 6.03. The van der Waals surface area contributed by atoms with E-state index < -0.39 is 0 Å². The molecule has 5 rings (SSSR count). The van der Waals surface area contributed by atoms with Gasteiger partial charge in [-0.05, 0) is 36.0 Å². The highest BCUT2D eigenvalue weighted by molar-refractivity contribution is 7.71. The molecule has 0 unspecified atom stereocenters. The molecule has 0 amide bonds. The molecule has 2 N–H and O–H groups in total. The summed E-state index contributed by atoms with van der Waals surface area (Å²) < 4.78 is 7.15. The quantitative estimate of drug-likeness (QED) is 0.466. The lowest BCUT2D eigenvalue weighted by Gasteiger charge is -2.02. The molecule has 27 heavy (non-hydrogen) atoms. The van der Waals surface area contributed by atoms with Gasteiger partial charge in [-0.1, -0.05) is 24.3 Å². The third-order valence-corrected chi connectivity index (χ3v) is 4.38. The molecule has 0 bridgehead atoms. The highest BCUT2D eigenvalue weighted by atomic mass is 32.1. The molecule has 9 heteroatoms. The molecule has 0 saturated heterocycles. The first kappa shape index (κ1) is 15.6. The summed E-state index contributed by atoms with van der Waals surface area (Å²) in [5, 5.41) is 10.8. The fraction of sp³-hybridized carbons (Fsp3) is 0.0556. The van der Waals surface area contributed by atoms with Crippen molar-refractivity contribution in [1.29, 1.82) is 0 Å². The monoisotopic (exact) mass is 375 g/mol. The first-order valence-corrected chi connectivity index (χ1v) is 8.63. The Hall–Kier alpha value is -3.59. The SMILES string of the molecule is S=c1[nH]nc(-c2ccc3nc(-c4ccc(Cn5cncn5)cc4)[nH]c3c2)o1. The van der Waals surface area contributed by atoms with Gasteiger partial charge in [0.05, 0.1) is 17.6 Å². The number of nitrogens with one attached hydrogen (secondary N) is 2. The summed E-state index contributed by atoms with van der Waals surface area (Å²) in [6.07, 6.45) is 3.23. The van der Waals surface area contributed by atoms with E-state index in [2.05, 4.69) is 42.4 Å². The number of aromatic amines is 2. The van der Waals surface area contributed by atoms with Crippen molar-refractivity contribution in [2.24, 2.45) is 0 Å². The maximum Gasteiger partial charge on any atom is 0.284 e. The van der Waals surface area contributed by atoms with E-state index in [1.54, 1.807) is 11.0 Å². The van der Waals surface area contributed by atoms with Crippen LogP contribution in [0.25, 0.3) is 33.9 Å². The maximum absolute atomic E-state index is 5.37. The van der Waals surface area contributed by atoms with Crippen molar-refractivity contribution in [3.8, 4) is 22.8 Å². The van der Waals surface area contributed by atoms with E-state index in [0.717, 1.165) is 33.5 Å². The van der Waals surface area contributed by atoms with Crippen LogP contribution < -0.4 is 0 Å². The number of nitrogens with zero attached hydrogens (tertiary/aromatic N) is 5. The Morgan fingerprint density at radius 1 is 1.07 bits per heavy atom. The third kappa shape index (κ3) is 3.04.